The Morgan fingerprint density at radius 3 is 2.50 bits per heavy atom. The maximum atomic E-state index is 11.6. The molecule has 1 rings (SSSR count). The van der Waals surface area contributed by atoms with Crippen molar-refractivity contribution in [3.8, 4) is 0 Å². The molecule has 0 radical (unpaired) electrons. The fourth-order valence-corrected chi connectivity index (χ4v) is 1.72. The lowest BCUT2D eigenvalue weighted by molar-refractivity contribution is -0.122. The third kappa shape index (κ3) is 5.21. The molecular formula is C11H22N4O. The summed E-state index contributed by atoms with van der Waals surface area (Å²) in [7, 11) is 0. The second kappa shape index (κ2) is 4.49. The Hall–Kier alpha value is -0.970. The molecule has 0 aromatic carbocycles. The first-order chi connectivity index (χ1) is 7.20. The molecule has 5 nitrogen and oxygen atoms in total. The molecule has 0 aromatic rings. The highest BCUT2D eigenvalue weighted by atomic mass is 16.1. The van der Waals surface area contributed by atoms with Crippen LogP contribution in [0.25, 0.3) is 0 Å². The van der Waals surface area contributed by atoms with E-state index in [1.165, 1.54) is 0 Å². The van der Waals surface area contributed by atoms with Crippen molar-refractivity contribution in [1.29, 1.82) is 0 Å². The number of nitrogens with two attached hydrogens (primary N) is 1. The van der Waals surface area contributed by atoms with Crippen molar-refractivity contribution in [2.45, 2.75) is 64.2 Å². The second-order valence-corrected chi connectivity index (χ2v) is 5.58. The molecule has 0 saturated carbocycles. The standard InChI is InChI=1S/C11H22N4O/c1-8(7-10(2,3)12)13-9(16)5-6-11(4)14-15-11/h8H,5-7,12H2,1-4H3,(H,13,16). The van der Waals surface area contributed by atoms with Crippen LogP contribution in [0.2, 0.25) is 0 Å². The van der Waals surface area contributed by atoms with E-state index >= 15 is 0 Å². The Balaban J connectivity index is 2.18. The smallest absolute Gasteiger partial charge is 0.220 e. The molecule has 0 spiro atoms. The van der Waals surface area contributed by atoms with E-state index in [1.54, 1.807) is 0 Å². The lowest BCUT2D eigenvalue weighted by Crippen LogP contribution is -2.42. The Kier molecular flexibility index (Phi) is 3.68. The van der Waals surface area contributed by atoms with Crippen LogP contribution >= 0.6 is 0 Å². The van der Waals surface area contributed by atoms with E-state index in [2.05, 4.69) is 15.5 Å². The van der Waals surface area contributed by atoms with Crippen molar-refractivity contribution < 1.29 is 4.79 Å². The second-order valence-electron chi connectivity index (χ2n) is 5.58. The van der Waals surface area contributed by atoms with Gasteiger partial charge >= 0.3 is 0 Å². The predicted molar refractivity (Wildman–Crippen MR) is 63.0 cm³/mol. The van der Waals surface area contributed by atoms with Crippen molar-refractivity contribution in [3.63, 3.8) is 0 Å². The molecule has 1 aliphatic heterocycles. The van der Waals surface area contributed by atoms with E-state index in [4.69, 9.17) is 5.73 Å². The first-order valence-corrected chi connectivity index (χ1v) is 5.72. The van der Waals surface area contributed by atoms with Crippen LogP contribution in [0.3, 0.4) is 0 Å². The van der Waals surface area contributed by atoms with Crippen LogP contribution in [0.15, 0.2) is 10.2 Å². The number of hydrogen-bond acceptors (Lipinski definition) is 4. The fourth-order valence-electron chi connectivity index (χ4n) is 1.72. The zero-order valence-electron chi connectivity index (χ0n) is 10.6. The minimum atomic E-state index is -0.284. The molecule has 0 saturated heterocycles. The summed E-state index contributed by atoms with van der Waals surface area (Å²) in [5.74, 6) is 0.0512. The average Bonchev–Trinajstić information content (AvgIpc) is 2.78. The van der Waals surface area contributed by atoms with Gasteiger partial charge in [0.25, 0.3) is 0 Å². The third-order valence-corrected chi connectivity index (χ3v) is 2.51. The molecule has 5 heteroatoms. The maximum absolute atomic E-state index is 11.6. The van der Waals surface area contributed by atoms with Gasteiger partial charge in [0.15, 0.2) is 5.66 Å². The summed E-state index contributed by atoms with van der Waals surface area (Å²) in [5, 5.41) is 10.7. The van der Waals surface area contributed by atoms with Crippen molar-refractivity contribution >= 4 is 5.91 Å². The summed E-state index contributed by atoms with van der Waals surface area (Å²) in [5.41, 5.74) is 5.35. The summed E-state index contributed by atoms with van der Waals surface area (Å²) < 4.78 is 0. The summed E-state index contributed by atoms with van der Waals surface area (Å²) in [6.07, 6.45) is 1.93. The first-order valence-electron chi connectivity index (χ1n) is 5.72. The molecule has 92 valence electrons. The number of amides is 1. The van der Waals surface area contributed by atoms with Gasteiger partial charge < -0.3 is 11.1 Å². The van der Waals surface area contributed by atoms with Gasteiger partial charge in [-0.3, -0.25) is 4.79 Å². The predicted octanol–water partition coefficient (Wildman–Crippen LogP) is 1.58. The quantitative estimate of drug-likeness (QED) is 0.721. The SMILES string of the molecule is CC(CC(C)(C)N)NC(=O)CCC1(C)N=N1. The van der Waals surface area contributed by atoms with Crippen molar-refractivity contribution in [1.82, 2.24) is 5.32 Å². The highest BCUT2D eigenvalue weighted by Gasteiger charge is 2.33. The van der Waals surface area contributed by atoms with Crippen LogP contribution in [0.1, 0.15) is 47.0 Å². The van der Waals surface area contributed by atoms with Crippen LogP contribution in [0, 0.1) is 0 Å². The molecule has 1 unspecified atom stereocenters. The van der Waals surface area contributed by atoms with E-state index in [0.717, 1.165) is 6.42 Å². The minimum absolute atomic E-state index is 0.0512. The molecule has 16 heavy (non-hydrogen) atoms. The van der Waals surface area contributed by atoms with E-state index in [1.807, 2.05) is 27.7 Å². The maximum Gasteiger partial charge on any atom is 0.220 e. The van der Waals surface area contributed by atoms with Gasteiger partial charge in [-0.1, -0.05) is 0 Å². The van der Waals surface area contributed by atoms with Crippen molar-refractivity contribution in [2.75, 3.05) is 0 Å². The molecule has 1 aliphatic rings. The number of carbonyl (C=O) groups excluding carboxylic acids is 1. The molecule has 1 heterocycles. The topological polar surface area (TPSA) is 79.8 Å². The summed E-state index contributed by atoms with van der Waals surface area (Å²) in [6.45, 7) is 7.81. The van der Waals surface area contributed by atoms with Gasteiger partial charge in [0.1, 0.15) is 0 Å². The van der Waals surface area contributed by atoms with Crippen LogP contribution in [-0.2, 0) is 4.79 Å². The van der Waals surface area contributed by atoms with Crippen LogP contribution in [0.5, 0.6) is 0 Å². The fraction of sp³-hybridized carbons (Fsp3) is 0.909. The van der Waals surface area contributed by atoms with Crippen molar-refractivity contribution in [2.24, 2.45) is 16.0 Å². The Morgan fingerprint density at radius 2 is 2.06 bits per heavy atom. The Bertz CT molecular complexity index is 287. The summed E-state index contributed by atoms with van der Waals surface area (Å²) in [6, 6.07) is 0.105. The highest BCUT2D eigenvalue weighted by Crippen LogP contribution is 2.31. The van der Waals surface area contributed by atoms with Gasteiger partial charge in [-0.25, -0.2) is 0 Å². The Morgan fingerprint density at radius 1 is 1.50 bits per heavy atom. The lowest BCUT2D eigenvalue weighted by atomic mass is 9.97. The zero-order valence-corrected chi connectivity index (χ0v) is 10.6. The molecule has 0 aliphatic carbocycles. The van der Waals surface area contributed by atoms with Gasteiger partial charge in [-0.2, -0.15) is 10.2 Å². The lowest BCUT2D eigenvalue weighted by Gasteiger charge is -2.24. The van der Waals surface area contributed by atoms with Gasteiger partial charge in [0.2, 0.25) is 5.91 Å². The van der Waals surface area contributed by atoms with Crippen LogP contribution < -0.4 is 11.1 Å². The minimum Gasteiger partial charge on any atom is -0.354 e. The van der Waals surface area contributed by atoms with Gasteiger partial charge in [0, 0.05) is 24.4 Å². The average molecular weight is 226 g/mol. The van der Waals surface area contributed by atoms with E-state index in [-0.39, 0.29) is 23.2 Å². The largest absolute Gasteiger partial charge is 0.354 e. The van der Waals surface area contributed by atoms with Crippen LogP contribution in [0.4, 0.5) is 0 Å². The molecule has 1 amide bonds. The van der Waals surface area contributed by atoms with E-state index < -0.39 is 0 Å². The number of carbonyl (C=O) groups is 1. The van der Waals surface area contributed by atoms with Crippen molar-refractivity contribution in [3.05, 3.63) is 0 Å². The first kappa shape index (κ1) is 13.1. The molecule has 0 bridgehead atoms. The number of nitrogens with zero attached hydrogens (tertiary/aromatic N) is 2. The van der Waals surface area contributed by atoms with E-state index in [9.17, 15) is 4.79 Å². The normalized spacial score (nSPS) is 19.3. The molecular weight excluding hydrogens is 204 g/mol. The summed E-state index contributed by atoms with van der Waals surface area (Å²) in [4.78, 5) is 11.6. The third-order valence-electron chi connectivity index (χ3n) is 2.51. The van der Waals surface area contributed by atoms with E-state index in [0.29, 0.717) is 12.8 Å². The number of nitrogens with one attached hydrogen (secondary N) is 1. The van der Waals surface area contributed by atoms with Crippen LogP contribution in [-0.4, -0.2) is 23.2 Å². The Labute approximate surface area is 96.9 Å². The molecule has 3 N–H and O–H groups in total. The van der Waals surface area contributed by atoms with Gasteiger partial charge in [-0.15, -0.1) is 0 Å². The number of hydrogen-bond donors (Lipinski definition) is 2. The molecule has 0 fully saturated rings. The zero-order chi connectivity index (χ0) is 12.4. The highest BCUT2D eigenvalue weighted by molar-refractivity contribution is 5.76. The molecule has 0 aromatic heterocycles. The molecule has 1 atom stereocenters. The monoisotopic (exact) mass is 226 g/mol. The van der Waals surface area contributed by atoms with Gasteiger partial charge in [0.05, 0.1) is 0 Å². The number of rotatable bonds is 6. The van der Waals surface area contributed by atoms with Gasteiger partial charge in [-0.05, 0) is 34.1 Å². The summed E-state index contributed by atoms with van der Waals surface area (Å²) >= 11 is 0.